The molecule has 5 heteroatoms. The molecule has 0 saturated heterocycles. The van der Waals surface area contributed by atoms with E-state index in [2.05, 4.69) is 10.6 Å². The van der Waals surface area contributed by atoms with Crippen LogP contribution in [0.25, 0.3) is 0 Å². The van der Waals surface area contributed by atoms with Crippen molar-refractivity contribution in [1.29, 1.82) is 0 Å². The van der Waals surface area contributed by atoms with E-state index in [-0.39, 0.29) is 17.6 Å². The summed E-state index contributed by atoms with van der Waals surface area (Å²) in [5.74, 6) is 0.279. The van der Waals surface area contributed by atoms with Crippen molar-refractivity contribution in [2.75, 3.05) is 0 Å². The Labute approximate surface area is 125 Å². The van der Waals surface area contributed by atoms with Crippen LogP contribution in [0.5, 0.6) is 5.75 Å². The largest absolute Gasteiger partial charge is 0.490 e. The summed E-state index contributed by atoms with van der Waals surface area (Å²) in [6.45, 7) is 9.75. The molecule has 0 radical (unpaired) electrons. The van der Waals surface area contributed by atoms with Crippen LogP contribution in [0.4, 0.5) is 0 Å². The molecule has 1 rings (SSSR count). The second-order valence-electron chi connectivity index (χ2n) is 5.82. The first kappa shape index (κ1) is 16.4. The zero-order chi connectivity index (χ0) is 15.3. The maximum Gasteiger partial charge on any atom is 0.261 e. The first-order chi connectivity index (χ1) is 9.19. The molecular formula is C15H22N2O2S. The van der Waals surface area contributed by atoms with Crippen molar-refractivity contribution in [2.24, 2.45) is 0 Å². The Morgan fingerprint density at radius 1 is 1.25 bits per heavy atom. The normalized spacial score (nSPS) is 11.1. The van der Waals surface area contributed by atoms with Crippen molar-refractivity contribution in [3.05, 3.63) is 29.8 Å². The highest BCUT2D eigenvalue weighted by Gasteiger charge is 2.17. The SMILES string of the molecule is CC(C)Oc1ccccc1C(=O)NC(=S)NC(C)(C)C. The van der Waals surface area contributed by atoms with E-state index >= 15 is 0 Å². The standard InChI is InChI=1S/C15H22N2O2S/c1-10(2)19-12-9-7-6-8-11(12)13(18)16-14(20)17-15(3,4)5/h6-10H,1-5H3,(H2,16,17,18,20). The summed E-state index contributed by atoms with van der Waals surface area (Å²) >= 11 is 5.13. The maximum absolute atomic E-state index is 12.2. The van der Waals surface area contributed by atoms with E-state index in [1.54, 1.807) is 18.2 Å². The Kier molecular flexibility index (Phi) is 5.51. The molecule has 20 heavy (non-hydrogen) atoms. The Morgan fingerprint density at radius 2 is 1.85 bits per heavy atom. The van der Waals surface area contributed by atoms with E-state index in [4.69, 9.17) is 17.0 Å². The van der Waals surface area contributed by atoms with Gasteiger partial charge >= 0.3 is 0 Å². The number of benzene rings is 1. The highest BCUT2D eigenvalue weighted by Crippen LogP contribution is 2.19. The number of thiocarbonyl (C=S) groups is 1. The van der Waals surface area contributed by atoms with Crippen molar-refractivity contribution in [3.63, 3.8) is 0 Å². The first-order valence-electron chi connectivity index (χ1n) is 6.58. The number of carbonyl (C=O) groups is 1. The molecule has 0 unspecified atom stereocenters. The molecule has 0 bridgehead atoms. The quantitative estimate of drug-likeness (QED) is 0.842. The lowest BCUT2D eigenvalue weighted by molar-refractivity contribution is 0.0970. The number of ether oxygens (including phenoxy) is 1. The Bertz CT molecular complexity index is 493. The maximum atomic E-state index is 12.2. The third kappa shape index (κ3) is 5.57. The van der Waals surface area contributed by atoms with Crippen molar-refractivity contribution < 1.29 is 9.53 Å². The molecule has 0 aliphatic rings. The Hall–Kier alpha value is -1.62. The van der Waals surface area contributed by atoms with Gasteiger partial charge in [0.15, 0.2) is 5.11 Å². The lowest BCUT2D eigenvalue weighted by atomic mass is 10.1. The number of nitrogens with one attached hydrogen (secondary N) is 2. The van der Waals surface area contributed by atoms with Gasteiger partial charge in [0, 0.05) is 5.54 Å². The minimum Gasteiger partial charge on any atom is -0.490 e. The zero-order valence-electron chi connectivity index (χ0n) is 12.6. The van der Waals surface area contributed by atoms with Crippen molar-refractivity contribution in [1.82, 2.24) is 10.6 Å². The fourth-order valence-electron chi connectivity index (χ4n) is 1.55. The third-order valence-electron chi connectivity index (χ3n) is 2.21. The van der Waals surface area contributed by atoms with Crippen LogP contribution in [0.3, 0.4) is 0 Å². The molecule has 0 saturated carbocycles. The first-order valence-corrected chi connectivity index (χ1v) is 6.99. The monoisotopic (exact) mass is 294 g/mol. The summed E-state index contributed by atoms with van der Waals surface area (Å²) < 4.78 is 5.62. The number of carbonyl (C=O) groups excluding carboxylic acids is 1. The number of amides is 1. The van der Waals surface area contributed by atoms with E-state index < -0.39 is 0 Å². The van der Waals surface area contributed by atoms with Crippen LogP contribution < -0.4 is 15.4 Å². The lowest BCUT2D eigenvalue weighted by Crippen LogP contribution is -2.48. The van der Waals surface area contributed by atoms with Gasteiger partial charge in [0.05, 0.1) is 11.7 Å². The predicted octanol–water partition coefficient (Wildman–Crippen LogP) is 2.88. The lowest BCUT2D eigenvalue weighted by Gasteiger charge is -2.22. The van der Waals surface area contributed by atoms with E-state index in [1.165, 1.54) is 0 Å². The summed E-state index contributed by atoms with van der Waals surface area (Å²) in [7, 11) is 0. The van der Waals surface area contributed by atoms with Gasteiger partial charge in [-0.1, -0.05) is 12.1 Å². The highest BCUT2D eigenvalue weighted by molar-refractivity contribution is 7.80. The molecule has 0 fully saturated rings. The summed E-state index contributed by atoms with van der Waals surface area (Å²) in [4.78, 5) is 12.2. The second kappa shape index (κ2) is 6.70. The van der Waals surface area contributed by atoms with Gasteiger partial charge in [-0.2, -0.15) is 0 Å². The summed E-state index contributed by atoms with van der Waals surface area (Å²) in [5, 5.41) is 6.01. The van der Waals surface area contributed by atoms with Gasteiger partial charge in [0.2, 0.25) is 0 Å². The van der Waals surface area contributed by atoms with Gasteiger partial charge in [-0.3, -0.25) is 10.1 Å². The molecule has 0 aliphatic carbocycles. The smallest absolute Gasteiger partial charge is 0.261 e. The van der Waals surface area contributed by atoms with Crippen molar-refractivity contribution in [2.45, 2.75) is 46.3 Å². The van der Waals surface area contributed by atoms with E-state index in [9.17, 15) is 4.79 Å². The molecule has 0 heterocycles. The molecule has 0 aliphatic heterocycles. The average Bonchev–Trinajstić information content (AvgIpc) is 2.25. The van der Waals surface area contributed by atoms with Crippen LogP contribution in [0.2, 0.25) is 0 Å². The van der Waals surface area contributed by atoms with Gasteiger partial charge in [0.1, 0.15) is 5.75 Å². The van der Waals surface area contributed by atoms with Crippen LogP contribution in [0.1, 0.15) is 45.0 Å². The minimum atomic E-state index is -0.275. The van der Waals surface area contributed by atoms with Crippen molar-refractivity contribution in [3.8, 4) is 5.75 Å². The fourth-order valence-corrected chi connectivity index (χ4v) is 1.95. The third-order valence-corrected chi connectivity index (χ3v) is 2.41. The molecule has 1 amide bonds. The molecule has 0 aromatic heterocycles. The number of hydrogen-bond donors (Lipinski definition) is 2. The molecule has 1 aromatic rings. The molecule has 2 N–H and O–H groups in total. The van der Waals surface area contributed by atoms with Crippen LogP contribution in [-0.4, -0.2) is 22.7 Å². The van der Waals surface area contributed by atoms with E-state index in [0.717, 1.165) is 0 Å². The summed E-state index contributed by atoms with van der Waals surface area (Å²) in [6.07, 6.45) is 0.00333. The minimum absolute atomic E-state index is 0.00333. The average molecular weight is 294 g/mol. The Morgan fingerprint density at radius 3 is 2.40 bits per heavy atom. The van der Waals surface area contributed by atoms with Gasteiger partial charge in [-0.05, 0) is 59.0 Å². The van der Waals surface area contributed by atoms with Gasteiger partial charge in [-0.25, -0.2) is 0 Å². The second-order valence-corrected chi connectivity index (χ2v) is 6.23. The van der Waals surface area contributed by atoms with E-state index in [1.807, 2.05) is 40.7 Å². The summed E-state index contributed by atoms with van der Waals surface area (Å²) in [5.41, 5.74) is 0.275. The molecule has 0 atom stereocenters. The molecule has 1 aromatic carbocycles. The van der Waals surface area contributed by atoms with Gasteiger partial charge < -0.3 is 10.1 Å². The predicted molar refractivity (Wildman–Crippen MR) is 85.2 cm³/mol. The van der Waals surface area contributed by atoms with E-state index in [0.29, 0.717) is 16.4 Å². The van der Waals surface area contributed by atoms with Crippen LogP contribution in [0.15, 0.2) is 24.3 Å². The fraction of sp³-hybridized carbons (Fsp3) is 0.467. The van der Waals surface area contributed by atoms with Crippen LogP contribution in [-0.2, 0) is 0 Å². The molecular weight excluding hydrogens is 272 g/mol. The Balaban J connectivity index is 2.80. The van der Waals surface area contributed by atoms with Crippen LogP contribution >= 0.6 is 12.2 Å². The molecule has 4 nitrogen and oxygen atoms in total. The summed E-state index contributed by atoms with van der Waals surface area (Å²) in [6, 6.07) is 7.12. The topological polar surface area (TPSA) is 50.4 Å². The number of hydrogen-bond acceptors (Lipinski definition) is 3. The van der Waals surface area contributed by atoms with Gasteiger partial charge in [-0.15, -0.1) is 0 Å². The van der Waals surface area contributed by atoms with Crippen LogP contribution in [0, 0.1) is 0 Å². The molecule has 0 spiro atoms. The number of rotatable bonds is 3. The zero-order valence-corrected chi connectivity index (χ0v) is 13.4. The van der Waals surface area contributed by atoms with Gasteiger partial charge in [0.25, 0.3) is 5.91 Å². The highest BCUT2D eigenvalue weighted by atomic mass is 32.1. The van der Waals surface area contributed by atoms with Crippen molar-refractivity contribution >= 4 is 23.2 Å². The molecule has 110 valence electrons. The number of para-hydroxylation sites is 1.